The van der Waals surface area contributed by atoms with E-state index in [1.54, 1.807) is 24.3 Å². The van der Waals surface area contributed by atoms with E-state index in [4.69, 9.17) is 19.5 Å². The molecule has 0 spiro atoms. The van der Waals surface area contributed by atoms with Crippen LogP contribution >= 0.6 is 0 Å². The Labute approximate surface area is 268 Å². The minimum atomic E-state index is -0.397. The lowest BCUT2D eigenvalue weighted by Gasteiger charge is -2.09. The number of rotatable bonds is 19. The third-order valence-corrected chi connectivity index (χ3v) is 7.82. The Hall–Kier alpha value is -4.56. The minimum Gasteiger partial charge on any atom is -0.494 e. The van der Waals surface area contributed by atoms with Crippen molar-refractivity contribution in [2.45, 2.75) is 77.6 Å². The molecule has 234 valence electrons. The monoisotopic (exact) mass is 603 g/mol. The highest BCUT2D eigenvalue weighted by atomic mass is 16.5. The van der Waals surface area contributed by atoms with E-state index in [9.17, 15) is 4.79 Å². The molecule has 0 amide bonds. The van der Waals surface area contributed by atoms with Gasteiger partial charge in [-0.15, -0.1) is 0 Å². The summed E-state index contributed by atoms with van der Waals surface area (Å²) >= 11 is 0. The molecule has 0 aliphatic rings. The third kappa shape index (κ3) is 11.8. The number of benzene rings is 4. The first-order valence-electron chi connectivity index (χ1n) is 16.4. The number of hydrogen-bond acceptors (Lipinski definition) is 5. The molecule has 4 aromatic carbocycles. The highest BCUT2D eigenvalue weighted by Crippen LogP contribution is 2.22. The normalized spacial score (nSPS) is 10.7. The number of unbranched alkanes of at least 4 members (excludes halogenated alkanes) is 8. The molecule has 5 nitrogen and oxygen atoms in total. The summed E-state index contributed by atoms with van der Waals surface area (Å²) in [5.41, 5.74) is 4.79. The Kier molecular flexibility index (Phi) is 14.0. The maximum atomic E-state index is 12.6. The highest BCUT2D eigenvalue weighted by Gasteiger charge is 2.09. The van der Waals surface area contributed by atoms with E-state index in [1.165, 1.54) is 43.2 Å². The zero-order valence-electron chi connectivity index (χ0n) is 26.5. The maximum Gasteiger partial charge on any atom is 0.343 e. The van der Waals surface area contributed by atoms with Gasteiger partial charge in [0.15, 0.2) is 0 Å². The van der Waals surface area contributed by atoms with E-state index in [2.05, 4.69) is 37.3 Å². The lowest BCUT2D eigenvalue weighted by atomic mass is 10.0. The number of aryl methyl sites for hydroxylation is 1. The average Bonchev–Trinajstić information content (AvgIpc) is 3.09. The van der Waals surface area contributed by atoms with Crippen molar-refractivity contribution in [1.82, 2.24) is 0 Å². The van der Waals surface area contributed by atoms with Gasteiger partial charge in [0.25, 0.3) is 0 Å². The number of hydrogen-bond donors (Lipinski definition) is 0. The van der Waals surface area contributed by atoms with Gasteiger partial charge in [-0.25, -0.2) is 4.79 Å². The van der Waals surface area contributed by atoms with Crippen molar-refractivity contribution in [3.63, 3.8) is 0 Å². The van der Waals surface area contributed by atoms with Crippen LogP contribution in [0.3, 0.4) is 0 Å². The number of ether oxygens (including phenoxy) is 3. The molecule has 4 aromatic rings. The van der Waals surface area contributed by atoms with Crippen LogP contribution in [0.5, 0.6) is 17.2 Å². The highest BCUT2D eigenvalue weighted by molar-refractivity contribution is 5.91. The van der Waals surface area contributed by atoms with E-state index in [-0.39, 0.29) is 0 Å². The van der Waals surface area contributed by atoms with Gasteiger partial charge in [0.05, 0.1) is 30.4 Å². The van der Waals surface area contributed by atoms with Crippen LogP contribution in [0.2, 0.25) is 0 Å². The summed E-state index contributed by atoms with van der Waals surface area (Å²) in [6.45, 7) is 3.58. The number of nitriles is 1. The summed E-state index contributed by atoms with van der Waals surface area (Å²) in [7, 11) is 0. The lowest BCUT2D eigenvalue weighted by molar-refractivity contribution is 0.0734. The Morgan fingerprint density at radius 2 is 1.07 bits per heavy atom. The molecular formula is C40H45NO4. The van der Waals surface area contributed by atoms with Crippen LogP contribution in [0.1, 0.15) is 92.6 Å². The van der Waals surface area contributed by atoms with Gasteiger partial charge in [0.2, 0.25) is 0 Å². The van der Waals surface area contributed by atoms with Gasteiger partial charge in [-0.05, 0) is 103 Å². The van der Waals surface area contributed by atoms with Crippen molar-refractivity contribution in [3.05, 3.63) is 114 Å². The summed E-state index contributed by atoms with van der Waals surface area (Å²) in [5.74, 6) is 1.64. The van der Waals surface area contributed by atoms with Gasteiger partial charge in [0, 0.05) is 0 Å². The van der Waals surface area contributed by atoms with E-state index in [1.807, 2.05) is 48.5 Å². The third-order valence-electron chi connectivity index (χ3n) is 7.82. The molecule has 0 saturated carbocycles. The van der Waals surface area contributed by atoms with Crippen LogP contribution in [0.25, 0.3) is 11.1 Å². The average molecular weight is 604 g/mol. The fourth-order valence-electron chi connectivity index (χ4n) is 5.11. The van der Waals surface area contributed by atoms with Crippen LogP contribution in [0, 0.1) is 11.3 Å². The molecule has 45 heavy (non-hydrogen) atoms. The first-order chi connectivity index (χ1) is 22.1. The second-order valence-electron chi connectivity index (χ2n) is 11.4. The van der Waals surface area contributed by atoms with E-state index in [0.717, 1.165) is 55.6 Å². The zero-order valence-corrected chi connectivity index (χ0v) is 26.5. The molecule has 0 unspecified atom stereocenters. The molecule has 0 fully saturated rings. The molecule has 0 atom stereocenters. The predicted molar refractivity (Wildman–Crippen MR) is 181 cm³/mol. The lowest BCUT2D eigenvalue weighted by Crippen LogP contribution is -2.08. The van der Waals surface area contributed by atoms with E-state index < -0.39 is 5.97 Å². The van der Waals surface area contributed by atoms with Crippen LogP contribution in [-0.4, -0.2) is 19.2 Å². The van der Waals surface area contributed by atoms with Crippen LogP contribution in [0.4, 0.5) is 0 Å². The number of esters is 1. The van der Waals surface area contributed by atoms with Gasteiger partial charge in [-0.1, -0.05) is 88.3 Å². The van der Waals surface area contributed by atoms with Gasteiger partial charge >= 0.3 is 5.97 Å². The molecule has 0 N–H and O–H groups in total. The second kappa shape index (κ2) is 19.0. The van der Waals surface area contributed by atoms with Crippen LogP contribution in [-0.2, 0) is 6.42 Å². The summed E-state index contributed by atoms with van der Waals surface area (Å²) in [6, 6.07) is 32.9. The summed E-state index contributed by atoms with van der Waals surface area (Å²) in [5, 5.41) is 8.97. The molecule has 5 heteroatoms. The van der Waals surface area contributed by atoms with Crippen molar-refractivity contribution in [1.29, 1.82) is 5.26 Å². The summed E-state index contributed by atoms with van der Waals surface area (Å²) in [6.07, 6.45) is 12.8. The largest absolute Gasteiger partial charge is 0.494 e. The number of carbonyl (C=O) groups is 1. The molecular weight excluding hydrogens is 558 g/mol. The van der Waals surface area contributed by atoms with Gasteiger partial charge in [0.1, 0.15) is 17.2 Å². The molecule has 0 radical (unpaired) electrons. The molecule has 0 saturated heterocycles. The van der Waals surface area contributed by atoms with Crippen molar-refractivity contribution in [2.24, 2.45) is 0 Å². The van der Waals surface area contributed by atoms with Gasteiger partial charge < -0.3 is 14.2 Å². The number of carbonyl (C=O) groups excluding carboxylic acids is 1. The van der Waals surface area contributed by atoms with E-state index in [0.29, 0.717) is 30.1 Å². The minimum absolute atomic E-state index is 0.397. The van der Waals surface area contributed by atoms with Gasteiger partial charge in [-0.2, -0.15) is 5.26 Å². The SMILES string of the molecule is CCCCCCCCOc1ccc(OC(=O)c2ccc(OCCCCCCc3ccc(-c4ccc(C#N)cc4)cc3)cc2)cc1. The van der Waals surface area contributed by atoms with Crippen molar-refractivity contribution >= 4 is 5.97 Å². The smallest absolute Gasteiger partial charge is 0.343 e. The Balaban J connectivity index is 1.06. The van der Waals surface area contributed by atoms with E-state index >= 15 is 0 Å². The first kappa shape index (κ1) is 33.3. The Bertz CT molecular complexity index is 1450. The van der Waals surface area contributed by atoms with Crippen molar-refractivity contribution < 1.29 is 19.0 Å². The quantitative estimate of drug-likeness (QED) is 0.0606. The van der Waals surface area contributed by atoms with Crippen molar-refractivity contribution in [3.8, 4) is 34.4 Å². The Morgan fingerprint density at radius 1 is 0.578 bits per heavy atom. The standard InChI is InChI=1S/C40H45NO4/c1-2-3-4-5-7-10-29-44-38-25-27-39(28-26-38)45-40(42)36-21-23-37(24-22-36)43-30-11-8-6-9-12-32-13-17-34(18-14-32)35-19-15-33(31-41)16-20-35/h13-28H,2-12,29-30H2,1H3. The molecule has 0 heterocycles. The van der Waals surface area contributed by atoms with Gasteiger partial charge in [-0.3, -0.25) is 0 Å². The fourth-order valence-corrected chi connectivity index (χ4v) is 5.11. The molecule has 4 rings (SSSR count). The van der Waals surface area contributed by atoms with Crippen molar-refractivity contribution in [2.75, 3.05) is 13.2 Å². The topological polar surface area (TPSA) is 68.6 Å². The summed E-state index contributed by atoms with van der Waals surface area (Å²) < 4.78 is 17.2. The number of nitrogens with zero attached hydrogens (tertiary/aromatic N) is 1. The Morgan fingerprint density at radius 3 is 1.64 bits per heavy atom. The molecule has 0 aliphatic heterocycles. The maximum absolute atomic E-state index is 12.6. The second-order valence-corrected chi connectivity index (χ2v) is 11.4. The van der Waals surface area contributed by atoms with Crippen LogP contribution < -0.4 is 14.2 Å². The predicted octanol–water partition coefficient (Wildman–Crippen LogP) is 10.4. The molecule has 0 bridgehead atoms. The zero-order chi connectivity index (χ0) is 31.5. The molecule has 0 aromatic heterocycles. The van der Waals surface area contributed by atoms with Crippen LogP contribution in [0.15, 0.2) is 97.1 Å². The molecule has 0 aliphatic carbocycles. The summed E-state index contributed by atoms with van der Waals surface area (Å²) in [4.78, 5) is 12.6. The first-order valence-corrected chi connectivity index (χ1v) is 16.4. The fraction of sp³-hybridized carbons (Fsp3) is 0.350.